The molecule has 0 radical (unpaired) electrons. The van der Waals surface area contributed by atoms with Crippen molar-refractivity contribution in [2.75, 3.05) is 26.2 Å². The van der Waals surface area contributed by atoms with Crippen LogP contribution in [0.2, 0.25) is 0 Å². The molecule has 1 aromatic rings. The van der Waals surface area contributed by atoms with Crippen LogP contribution in [0, 0.1) is 0 Å². The van der Waals surface area contributed by atoms with E-state index < -0.39 is 0 Å². The first-order valence-electron chi connectivity index (χ1n) is 8.31. The zero-order chi connectivity index (χ0) is 14.2. The van der Waals surface area contributed by atoms with Gasteiger partial charge < -0.3 is 5.32 Å². The van der Waals surface area contributed by atoms with E-state index in [0.29, 0.717) is 5.92 Å². The molecule has 1 unspecified atom stereocenters. The van der Waals surface area contributed by atoms with Crippen molar-refractivity contribution in [1.29, 1.82) is 0 Å². The second-order valence-electron chi connectivity index (χ2n) is 6.18. The topological polar surface area (TPSA) is 15.3 Å². The summed E-state index contributed by atoms with van der Waals surface area (Å²) in [6.45, 7) is 10.4. The van der Waals surface area contributed by atoms with Gasteiger partial charge in [0.2, 0.25) is 0 Å². The van der Waals surface area contributed by atoms with Crippen LogP contribution < -0.4 is 5.32 Å². The van der Waals surface area contributed by atoms with E-state index >= 15 is 0 Å². The molecule has 1 heterocycles. The van der Waals surface area contributed by atoms with E-state index in [2.05, 4.69) is 48.3 Å². The van der Waals surface area contributed by atoms with Gasteiger partial charge in [-0.25, -0.2) is 0 Å². The minimum absolute atomic E-state index is 0.602. The van der Waals surface area contributed by atoms with Crippen LogP contribution in [0.3, 0.4) is 0 Å². The average molecular weight is 274 g/mol. The van der Waals surface area contributed by atoms with E-state index in [9.17, 15) is 0 Å². The lowest BCUT2D eigenvalue weighted by Crippen LogP contribution is -2.29. The summed E-state index contributed by atoms with van der Waals surface area (Å²) in [6.07, 6.45) is 5.37. The minimum Gasteiger partial charge on any atom is -0.316 e. The molecule has 0 amide bonds. The highest BCUT2D eigenvalue weighted by Gasteiger charge is 2.10. The van der Waals surface area contributed by atoms with Crippen molar-refractivity contribution >= 4 is 0 Å². The third kappa shape index (κ3) is 4.92. The number of rotatable bonds is 7. The molecule has 2 rings (SSSR count). The highest BCUT2D eigenvalue weighted by atomic mass is 15.1. The summed E-state index contributed by atoms with van der Waals surface area (Å²) >= 11 is 0. The first-order chi connectivity index (χ1) is 9.79. The van der Waals surface area contributed by atoms with Gasteiger partial charge in [0.25, 0.3) is 0 Å². The Morgan fingerprint density at radius 2 is 1.80 bits per heavy atom. The molecule has 0 bridgehead atoms. The minimum atomic E-state index is 0.602. The third-order valence-corrected chi connectivity index (χ3v) is 4.28. The van der Waals surface area contributed by atoms with Crippen molar-refractivity contribution in [3.63, 3.8) is 0 Å². The summed E-state index contributed by atoms with van der Waals surface area (Å²) < 4.78 is 0. The van der Waals surface area contributed by atoms with E-state index in [-0.39, 0.29) is 0 Å². The first-order valence-corrected chi connectivity index (χ1v) is 8.31. The zero-order valence-electron chi connectivity index (χ0n) is 13.2. The standard InChI is InChI=1S/C18H30N2/c1-3-11-19-14-16(2)18-9-7-17(8-10-18)15-20-12-5-4-6-13-20/h7-10,16,19H,3-6,11-15H2,1-2H3. The van der Waals surface area contributed by atoms with Crippen LogP contribution in [-0.2, 0) is 6.54 Å². The fraction of sp³-hybridized carbons (Fsp3) is 0.667. The van der Waals surface area contributed by atoms with Crippen molar-refractivity contribution in [3.8, 4) is 0 Å². The van der Waals surface area contributed by atoms with E-state index in [4.69, 9.17) is 0 Å². The van der Waals surface area contributed by atoms with Gasteiger partial charge in [-0.3, -0.25) is 4.90 Å². The summed E-state index contributed by atoms with van der Waals surface area (Å²) in [5.41, 5.74) is 2.92. The molecule has 112 valence electrons. The van der Waals surface area contributed by atoms with E-state index in [1.165, 1.54) is 49.9 Å². The summed E-state index contributed by atoms with van der Waals surface area (Å²) in [5.74, 6) is 0.602. The molecule has 0 aromatic heterocycles. The summed E-state index contributed by atoms with van der Waals surface area (Å²) in [4.78, 5) is 2.59. The lowest BCUT2D eigenvalue weighted by molar-refractivity contribution is 0.221. The molecular weight excluding hydrogens is 244 g/mol. The number of nitrogens with zero attached hydrogens (tertiary/aromatic N) is 1. The van der Waals surface area contributed by atoms with Gasteiger partial charge in [-0.2, -0.15) is 0 Å². The Morgan fingerprint density at radius 1 is 1.10 bits per heavy atom. The molecule has 1 aliphatic heterocycles. The summed E-state index contributed by atoms with van der Waals surface area (Å²) in [5, 5.41) is 3.51. The van der Waals surface area contributed by atoms with E-state index in [1.54, 1.807) is 0 Å². The van der Waals surface area contributed by atoms with Crippen molar-refractivity contribution in [2.24, 2.45) is 0 Å². The van der Waals surface area contributed by atoms with E-state index in [0.717, 1.165) is 19.6 Å². The highest BCUT2D eigenvalue weighted by molar-refractivity contribution is 5.25. The number of hydrogen-bond acceptors (Lipinski definition) is 2. The molecule has 1 aromatic carbocycles. The normalized spacial score (nSPS) is 18.1. The van der Waals surface area contributed by atoms with Crippen LogP contribution in [0.15, 0.2) is 24.3 Å². The largest absolute Gasteiger partial charge is 0.316 e. The molecule has 1 aliphatic rings. The molecule has 20 heavy (non-hydrogen) atoms. The number of nitrogens with one attached hydrogen (secondary N) is 1. The van der Waals surface area contributed by atoms with Crippen LogP contribution in [0.25, 0.3) is 0 Å². The predicted molar refractivity (Wildman–Crippen MR) is 87.1 cm³/mol. The Morgan fingerprint density at radius 3 is 2.45 bits per heavy atom. The summed E-state index contributed by atoms with van der Waals surface area (Å²) in [7, 11) is 0. The van der Waals surface area contributed by atoms with Crippen molar-refractivity contribution in [2.45, 2.75) is 52.0 Å². The van der Waals surface area contributed by atoms with E-state index in [1.807, 2.05) is 0 Å². The smallest absolute Gasteiger partial charge is 0.0233 e. The number of likely N-dealkylation sites (tertiary alicyclic amines) is 1. The van der Waals surface area contributed by atoms with Crippen molar-refractivity contribution in [3.05, 3.63) is 35.4 Å². The van der Waals surface area contributed by atoms with Gasteiger partial charge in [0.15, 0.2) is 0 Å². The van der Waals surface area contributed by atoms with Crippen LogP contribution in [-0.4, -0.2) is 31.1 Å². The summed E-state index contributed by atoms with van der Waals surface area (Å²) in [6, 6.07) is 9.27. The second kappa shape index (κ2) is 8.43. The first kappa shape index (κ1) is 15.5. The zero-order valence-corrected chi connectivity index (χ0v) is 13.2. The Kier molecular flexibility index (Phi) is 6.55. The number of benzene rings is 1. The maximum Gasteiger partial charge on any atom is 0.0233 e. The van der Waals surface area contributed by atoms with Gasteiger partial charge in [0.1, 0.15) is 0 Å². The van der Waals surface area contributed by atoms with Gasteiger partial charge in [-0.15, -0.1) is 0 Å². The van der Waals surface area contributed by atoms with Crippen LogP contribution in [0.5, 0.6) is 0 Å². The van der Waals surface area contributed by atoms with Crippen molar-refractivity contribution in [1.82, 2.24) is 10.2 Å². The van der Waals surface area contributed by atoms with Gasteiger partial charge >= 0.3 is 0 Å². The molecule has 2 nitrogen and oxygen atoms in total. The third-order valence-electron chi connectivity index (χ3n) is 4.28. The monoisotopic (exact) mass is 274 g/mol. The van der Waals surface area contributed by atoms with Crippen LogP contribution >= 0.6 is 0 Å². The van der Waals surface area contributed by atoms with Gasteiger partial charge in [-0.05, 0) is 55.9 Å². The maximum atomic E-state index is 3.51. The van der Waals surface area contributed by atoms with Gasteiger partial charge in [-0.1, -0.05) is 44.5 Å². The molecule has 0 spiro atoms. The lowest BCUT2D eigenvalue weighted by atomic mass is 9.99. The molecule has 0 saturated carbocycles. The molecule has 0 aliphatic carbocycles. The predicted octanol–water partition coefficient (Wildman–Crippen LogP) is 3.78. The molecule has 2 heteroatoms. The Bertz CT molecular complexity index is 366. The molecule has 1 atom stereocenters. The number of hydrogen-bond donors (Lipinski definition) is 1. The fourth-order valence-corrected chi connectivity index (χ4v) is 2.94. The fourth-order valence-electron chi connectivity index (χ4n) is 2.94. The number of piperidine rings is 1. The lowest BCUT2D eigenvalue weighted by Gasteiger charge is -2.26. The molecule has 1 saturated heterocycles. The van der Waals surface area contributed by atoms with Crippen molar-refractivity contribution < 1.29 is 0 Å². The second-order valence-corrected chi connectivity index (χ2v) is 6.18. The SMILES string of the molecule is CCCNCC(C)c1ccc(CN2CCCCC2)cc1. The van der Waals surface area contributed by atoms with Gasteiger partial charge in [0, 0.05) is 13.1 Å². The highest BCUT2D eigenvalue weighted by Crippen LogP contribution is 2.17. The average Bonchev–Trinajstić information content (AvgIpc) is 2.49. The van der Waals surface area contributed by atoms with Crippen LogP contribution in [0.4, 0.5) is 0 Å². The Labute approximate surface area is 124 Å². The van der Waals surface area contributed by atoms with Gasteiger partial charge in [0.05, 0.1) is 0 Å². The quantitative estimate of drug-likeness (QED) is 0.761. The molecule has 1 N–H and O–H groups in total. The molecule has 1 fully saturated rings. The Hall–Kier alpha value is -0.860. The van der Waals surface area contributed by atoms with Crippen LogP contribution in [0.1, 0.15) is 56.6 Å². The molecular formula is C18H30N2. The maximum absolute atomic E-state index is 3.51. The Balaban J connectivity index is 1.82.